The summed E-state index contributed by atoms with van der Waals surface area (Å²) in [5, 5.41) is 4.50. The van der Waals surface area contributed by atoms with Crippen LogP contribution in [0.25, 0.3) is 0 Å². The van der Waals surface area contributed by atoms with Crippen LogP contribution in [0.3, 0.4) is 0 Å². The van der Waals surface area contributed by atoms with Crippen molar-refractivity contribution in [2.45, 2.75) is 30.7 Å². The average Bonchev–Trinajstić information content (AvgIpc) is 3.49. The number of hydrogen-bond acceptors (Lipinski definition) is 3. The molecule has 0 radical (unpaired) electrons. The van der Waals surface area contributed by atoms with Crippen LogP contribution in [-0.2, 0) is 16.6 Å². The van der Waals surface area contributed by atoms with Gasteiger partial charge in [-0.15, -0.1) is 0 Å². The molecule has 162 valence electrons. The number of likely N-dealkylation sites (N-methyl/N-ethyl adjacent to an activating group) is 2. The molecular weight excluding hydrogens is 417 g/mol. The first-order valence-corrected chi connectivity index (χ1v) is 11.2. The van der Waals surface area contributed by atoms with Crippen molar-refractivity contribution in [3.63, 3.8) is 0 Å². The molecule has 0 aromatic heterocycles. The van der Waals surface area contributed by atoms with Gasteiger partial charge in [-0.2, -0.15) is 0 Å². The largest absolute Gasteiger partial charge is 0.351 e. The third-order valence-electron chi connectivity index (χ3n) is 5.75. The lowest BCUT2D eigenvalue weighted by Crippen LogP contribution is -2.48. The molecule has 2 aromatic carbocycles. The number of carbonyl (C=O) groups excluding carboxylic acids is 1. The van der Waals surface area contributed by atoms with E-state index < -0.39 is 5.41 Å². The highest BCUT2D eigenvalue weighted by molar-refractivity contribution is 6.35. The van der Waals surface area contributed by atoms with E-state index >= 15 is 0 Å². The van der Waals surface area contributed by atoms with E-state index in [9.17, 15) is 4.79 Å². The molecule has 1 aliphatic carbocycles. The van der Waals surface area contributed by atoms with Crippen LogP contribution in [-0.4, -0.2) is 62.5 Å². The average molecular weight is 448 g/mol. The number of nitrogens with one attached hydrogen (secondary N) is 1. The Bertz CT molecular complexity index is 853. The lowest BCUT2D eigenvalue weighted by atomic mass is 9.94. The Morgan fingerprint density at radius 2 is 1.77 bits per heavy atom. The standard InChI is InChI=1S/C24H31Cl2N3O/c1-28(2)13-14-29(3)17-20(15-18-7-5-4-6-8-18)27-23(30)24(11-12-24)21-10-9-19(25)16-22(21)26/h4-10,16,20H,11-15,17H2,1-3H3,(H,27,30). The van der Waals surface area contributed by atoms with Gasteiger partial charge in [0.1, 0.15) is 0 Å². The fourth-order valence-electron chi connectivity index (χ4n) is 3.84. The van der Waals surface area contributed by atoms with E-state index in [2.05, 4.69) is 48.4 Å². The predicted octanol–water partition coefficient (Wildman–Crippen LogP) is 4.25. The first kappa shape index (κ1) is 23.1. The van der Waals surface area contributed by atoms with Gasteiger partial charge in [0.25, 0.3) is 0 Å². The smallest absolute Gasteiger partial charge is 0.230 e. The molecule has 1 fully saturated rings. The molecule has 1 unspecified atom stereocenters. The topological polar surface area (TPSA) is 35.6 Å². The summed E-state index contributed by atoms with van der Waals surface area (Å²) in [6.45, 7) is 2.72. The van der Waals surface area contributed by atoms with Crippen molar-refractivity contribution in [3.8, 4) is 0 Å². The highest BCUT2D eigenvalue weighted by Crippen LogP contribution is 2.51. The number of rotatable bonds is 10. The third-order valence-corrected chi connectivity index (χ3v) is 6.30. The van der Waals surface area contributed by atoms with Gasteiger partial charge in [-0.1, -0.05) is 59.6 Å². The van der Waals surface area contributed by atoms with Gasteiger partial charge in [-0.3, -0.25) is 4.79 Å². The summed E-state index contributed by atoms with van der Waals surface area (Å²) in [6, 6.07) is 15.8. The monoisotopic (exact) mass is 447 g/mol. The van der Waals surface area contributed by atoms with Crippen molar-refractivity contribution in [1.82, 2.24) is 15.1 Å². The molecule has 1 atom stereocenters. The molecule has 30 heavy (non-hydrogen) atoms. The number of carbonyl (C=O) groups is 1. The summed E-state index contributed by atoms with van der Waals surface area (Å²) < 4.78 is 0. The van der Waals surface area contributed by atoms with Crippen molar-refractivity contribution in [1.29, 1.82) is 0 Å². The van der Waals surface area contributed by atoms with Gasteiger partial charge in [0.15, 0.2) is 0 Å². The Morgan fingerprint density at radius 1 is 1.07 bits per heavy atom. The van der Waals surface area contributed by atoms with Gasteiger partial charge < -0.3 is 15.1 Å². The molecular formula is C24H31Cl2N3O. The Kier molecular flexibility index (Phi) is 7.81. The first-order chi connectivity index (χ1) is 14.3. The maximum Gasteiger partial charge on any atom is 0.230 e. The Balaban J connectivity index is 1.73. The van der Waals surface area contributed by atoms with E-state index in [1.165, 1.54) is 5.56 Å². The maximum absolute atomic E-state index is 13.4. The van der Waals surface area contributed by atoms with Crippen molar-refractivity contribution >= 4 is 29.1 Å². The predicted molar refractivity (Wildman–Crippen MR) is 126 cm³/mol. The Morgan fingerprint density at radius 3 is 2.37 bits per heavy atom. The summed E-state index contributed by atoms with van der Waals surface area (Å²) >= 11 is 12.5. The van der Waals surface area contributed by atoms with E-state index in [-0.39, 0.29) is 11.9 Å². The highest BCUT2D eigenvalue weighted by Gasteiger charge is 2.52. The van der Waals surface area contributed by atoms with Crippen LogP contribution >= 0.6 is 23.2 Å². The fourth-order valence-corrected chi connectivity index (χ4v) is 4.43. The molecule has 0 spiro atoms. The molecule has 0 saturated heterocycles. The maximum atomic E-state index is 13.4. The molecule has 1 N–H and O–H groups in total. The minimum Gasteiger partial charge on any atom is -0.351 e. The Hall–Kier alpha value is -1.59. The van der Waals surface area contributed by atoms with Gasteiger partial charge in [-0.05, 0) is 63.7 Å². The van der Waals surface area contributed by atoms with Crippen LogP contribution in [0, 0.1) is 0 Å². The second kappa shape index (κ2) is 10.1. The molecule has 6 heteroatoms. The third kappa shape index (κ3) is 5.98. The molecule has 0 aliphatic heterocycles. The van der Waals surface area contributed by atoms with Gasteiger partial charge >= 0.3 is 0 Å². The minimum atomic E-state index is -0.529. The molecule has 1 aliphatic rings. The normalized spacial score (nSPS) is 16.0. The molecule has 3 rings (SSSR count). The number of amides is 1. The van der Waals surface area contributed by atoms with Crippen LogP contribution in [0.5, 0.6) is 0 Å². The van der Waals surface area contributed by atoms with Gasteiger partial charge in [0.2, 0.25) is 5.91 Å². The highest BCUT2D eigenvalue weighted by atomic mass is 35.5. The molecule has 0 bridgehead atoms. The van der Waals surface area contributed by atoms with Crippen molar-refractivity contribution < 1.29 is 4.79 Å². The second-order valence-corrected chi connectivity index (χ2v) is 9.48. The summed E-state index contributed by atoms with van der Waals surface area (Å²) in [5.74, 6) is 0.0636. The van der Waals surface area contributed by atoms with Crippen LogP contribution < -0.4 is 5.32 Å². The number of nitrogens with zero attached hydrogens (tertiary/aromatic N) is 2. The number of halogens is 2. The number of hydrogen-bond donors (Lipinski definition) is 1. The molecule has 4 nitrogen and oxygen atoms in total. The van der Waals surface area contributed by atoms with Crippen molar-refractivity contribution in [2.75, 3.05) is 40.8 Å². The molecule has 1 amide bonds. The van der Waals surface area contributed by atoms with Gasteiger partial charge in [0.05, 0.1) is 5.41 Å². The summed E-state index contributed by atoms with van der Waals surface area (Å²) in [5.41, 5.74) is 1.57. The van der Waals surface area contributed by atoms with E-state index in [0.29, 0.717) is 10.0 Å². The molecule has 2 aromatic rings. The van der Waals surface area contributed by atoms with Crippen LogP contribution in [0.1, 0.15) is 24.0 Å². The quantitative estimate of drug-likeness (QED) is 0.591. The summed E-state index contributed by atoms with van der Waals surface area (Å²) in [4.78, 5) is 17.8. The van der Waals surface area contributed by atoms with Crippen molar-refractivity contribution in [3.05, 3.63) is 69.7 Å². The first-order valence-electron chi connectivity index (χ1n) is 10.4. The Labute approximate surface area is 190 Å². The van der Waals surface area contributed by atoms with Gasteiger partial charge in [0, 0.05) is 35.7 Å². The molecule has 0 heterocycles. The fraction of sp³-hybridized carbons (Fsp3) is 0.458. The second-order valence-electron chi connectivity index (χ2n) is 8.63. The zero-order chi connectivity index (χ0) is 21.7. The lowest BCUT2D eigenvalue weighted by molar-refractivity contribution is -0.124. The lowest BCUT2D eigenvalue weighted by Gasteiger charge is -2.28. The van der Waals surface area contributed by atoms with E-state index in [0.717, 1.165) is 44.5 Å². The van der Waals surface area contributed by atoms with Crippen LogP contribution in [0.2, 0.25) is 10.0 Å². The summed E-state index contributed by atoms with van der Waals surface area (Å²) in [6.07, 6.45) is 2.42. The zero-order valence-corrected chi connectivity index (χ0v) is 19.5. The number of benzene rings is 2. The van der Waals surface area contributed by atoms with Gasteiger partial charge in [-0.25, -0.2) is 0 Å². The van der Waals surface area contributed by atoms with Crippen LogP contribution in [0.15, 0.2) is 48.5 Å². The van der Waals surface area contributed by atoms with Crippen LogP contribution in [0.4, 0.5) is 0 Å². The van der Waals surface area contributed by atoms with E-state index in [4.69, 9.17) is 23.2 Å². The minimum absolute atomic E-state index is 0.0237. The van der Waals surface area contributed by atoms with E-state index in [1.54, 1.807) is 6.07 Å². The SMILES string of the molecule is CN(C)CCN(C)CC(Cc1ccccc1)NC(=O)C1(c2ccc(Cl)cc2Cl)CC1. The zero-order valence-electron chi connectivity index (χ0n) is 18.0. The molecule has 1 saturated carbocycles. The summed E-state index contributed by atoms with van der Waals surface area (Å²) in [7, 11) is 6.25. The van der Waals surface area contributed by atoms with E-state index in [1.807, 2.05) is 30.3 Å². The van der Waals surface area contributed by atoms with Crippen molar-refractivity contribution in [2.24, 2.45) is 0 Å².